The lowest BCUT2D eigenvalue weighted by molar-refractivity contribution is -0.920. The van der Waals surface area contributed by atoms with E-state index in [-0.39, 0.29) is 5.56 Å². The fraction of sp³-hybridized carbons (Fsp3) is 0.400. The molecule has 6 nitrogen and oxygen atoms in total. The van der Waals surface area contributed by atoms with E-state index in [1.165, 1.54) is 43.3 Å². The van der Waals surface area contributed by atoms with Crippen LogP contribution in [0.2, 0.25) is 0 Å². The topological polar surface area (TPSA) is 64.6 Å². The van der Waals surface area contributed by atoms with Crippen molar-refractivity contribution in [2.24, 2.45) is 0 Å². The predicted molar refractivity (Wildman–Crippen MR) is 113 cm³/mol. The fourth-order valence-corrected chi connectivity index (χ4v) is 5.93. The number of quaternary nitrogens is 1. The van der Waals surface area contributed by atoms with Crippen molar-refractivity contribution >= 4 is 37.9 Å². The highest BCUT2D eigenvalue weighted by Gasteiger charge is 2.27. The summed E-state index contributed by atoms with van der Waals surface area (Å²) in [4.78, 5) is 24.2. The van der Waals surface area contributed by atoms with Gasteiger partial charge in [0.05, 0.1) is 29.2 Å². The molecular weight excluding hydrogens is 390 g/mol. The molecule has 4 aromatic rings. The van der Waals surface area contributed by atoms with E-state index >= 15 is 0 Å². The van der Waals surface area contributed by atoms with Gasteiger partial charge >= 0.3 is 0 Å². The van der Waals surface area contributed by atoms with Gasteiger partial charge in [0.1, 0.15) is 22.3 Å². The maximum atomic E-state index is 12.4. The number of nitrogens with zero attached hydrogens (tertiary/aromatic N) is 4. The Morgan fingerprint density at radius 3 is 3.00 bits per heavy atom. The van der Waals surface area contributed by atoms with Crippen molar-refractivity contribution in [3.8, 4) is 0 Å². The molecule has 3 aromatic heterocycles. The van der Waals surface area contributed by atoms with E-state index in [1.54, 1.807) is 6.07 Å². The average Bonchev–Trinajstić information content (AvgIpc) is 3.32. The first-order valence-corrected chi connectivity index (χ1v) is 11.4. The summed E-state index contributed by atoms with van der Waals surface area (Å²) in [5.41, 5.74) is 1.90. The van der Waals surface area contributed by atoms with Crippen molar-refractivity contribution in [2.45, 2.75) is 38.6 Å². The lowest BCUT2D eigenvalue weighted by atomic mass is 9.98. The Morgan fingerprint density at radius 1 is 1.25 bits per heavy atom. The van der Waals surface area contributed by atoms with Crippen LogP contribution < -0.4 is 10.5 Å². The Morgan fingerprint density at radius 2 is 2.14 bits per heavy atom. The van der Waals surface area contributed by atoms with Crippen molar-refractivity contribution < 1.29 is 4.90 Å². The molecule has 1 aromatic carbocycles. The number of para-hydroxylation sites is 1. The zero-order valence-electron chi connectivity index (χ0n) is 15.7. The second-order valence-corrected chi connectivity index (χ2v) is 9.47. The SMILES string of the molecule is CCc1nn2c(=O)cc(C[NH+]3CCC[C@H](c4nc5ccccc5s4)C3)nc2s1. The number of piperidine rings is 1. The maximum absolute atomic E-state index is 12.4. The molecule has 28 heavy (non-hydrogen) atoms. The number of hydrogen-bond acceptors (Lipinski definition) is 6. The Hall–Kier alpha value is -2.16. The van der Waals surface area contributed by atoms with E-state index in [9.17, 15) is 4.79 Å². The maximum Gasteiger partial charge on any atom is 0.275 e. The van der Waals surface area contributed by atoms with Crippen LogP contribution in [0, 0.1) is 0 Å². The Bertz CT molecular complexity index is 1160. The minimum absolute atomic E-state index is 0.0740. The quantitative estimate of drug-likeness (QED) is 0.559. The molecule has 1 fully saturated rings. The molecule has 1 saturated heterocycles. The molecule has 5 rings (SSSR count). The van der Waals surface area contributed by atoms with Gasteiger partial charge in [0.2, 0.25) is 4.96 Å². The van der Waals surface area contributed by atoms with Crippen LogP contribution in [0.5, 0.6) is 0 Å². The van der Waals surface area contributed by atoms with Crippen molar-refractivity contribution in [3.05, 3.63) is 56.4 Å². The van der Waals surface area contributed by atoms with Gasteiger partial charge in [-0.3, -0.25) is 4.79 Å². The van der Waals surface area contributed by atoms with Crippen LogP contribution in [0.3, 0.4) is 0 Å². The molecule has 0 bridgehead atoms. The molecule has 0 saturated carbocycles. The second-order valence-electron chi connectivity index (χ2n) is 7.37. The monoisotopic (exact) mass is 412 g/mol. The van der Waals surface area contributed by atoms with Gasteiger partial charge in [0.15, 0.2) is 0 Å². The van der Waals surface area contributed by atoms with Gasteiger partial charge in [-0.1, -0.05) is 30.4 Å². The minimum Gasteiger partial charge on any atom is -0.329 e. The zero-order valence-corrected chi connectivity index (χ0v) is 17.4. The first-order valence-electron chi connectivity index (χ1n) is 9.77. The van der Waals surface area contributed by atoms with E-state index in [1.807, 2.05) is 24.3 Å². The van der Waals surface area contributed by atoms with Gasteiger partial charge in [0.25, 0.3) is 5.56 Å². The number of nitrogens with one attached hydrogen (secondary N) is 1. The summed E-state index contributed by atoms with van der Waals surface area (Å²) in [5, 5.41) is 6.53. The normalized spacial score (nSPS) is 20.2. The van der Waals surface area contributed by atoms with Crippen LogP contribution in [0.15, 0.2) is 35.1 Å². The molecule has 144 valence electrons. The molecule has 1 unspecified atom stereocenters. The molecule has 1 aliphatic heterocycles. The summed E-state index contributed by atoms with van der Waals surface area (Å²) >= 11 is 3.33. The van der Waals surface area contributed by atoms with Crippen LogP contribution in [-0.2, 0) is 13.0 Å². The standard InChI is InChI=1S/C20H21N5OS2/c1-2-17-23-25-18(26)10-14(21-20(25)28-17)12-24-9-5-6-13(11-24)19-22-15-7-3-4-8-16(15)27-19/h3-4,7-8,10,13H,2,5-6,9,11-12H2,1H3/p+1/t13-/m0/s1. The Kier molecular flexibility index (Phi) is 4.70. The molecule has 0 spiro atoms. The molecular formula is C20H22N5OS2+. The van der Waals surface area contributed by atoms with E-state index in [4.69, 9.17) is 9.97 Å². The lowest BCUT2D eigenvalue weighted by Crippen LogP contribution is -3.12. The largest absolute Gasteiger partial charge is 0.329 e. The van der Waals surface area contributed by atoms with Crippen molar-refractivity contribution in [2.75, 3.05) is 13.1 Å². The van der Waals surface area contributed by atoms with Gasteiger partial charge in [0, 0.05) is 6.07 Å². The van der Waals surface area contributed by atoms with Gasteiger partial charge < -0.3 is 4.90 Å². The summed E-state index contributed by atoms with van der Waals surface area (Å²) in [7, 11) is 0. The first kappa shape index (κ1) is 17.9. The number of aromatic nitrogens is 4. The molecule has 0 amide bonds. The molecule has 1 aliphatic rings. The number of hydrogen-bond donors (Lipinski definition) is 1. The van der Waals surface area contributed by atoms with Crippen LogP contribution in [0.4, 0.5) is 0 Å². The fourth-order valence-electron chi connectivity index (χ4n) is 3.97. The number of fused-ring (bicyclic) bond motifs is 2. The third-order valence-corrected chi connectivity index (χ3v) is 7.60. The number of aryl methyl sites for hydroxylation is 1. The molecule has 8 heteroatoms. The molecule has 2 atom stereocenters. The summed E-state index contributed by atoms with van der Waals surface area (Å²) < 4.78 is 2.70. The van der Waals surface area contributed by atoms with Crippen LogP contribution in [0.1, 0.15) is 41.4 Å². The van der Waals surface area contributed by atoms with E-state index < -0.39 is 0 Å². The summed E-state index contributed by atoms with van der Waals surface area (Å²) in [6, 6.07) is 10.0. The lowest BCUT2D eigenvalue weighted by Gasteiger charge is -2.28. The smallest absolute Gasteiger partial charge is 0.275 e. The van der Waals surface area contributed by atoms with Gasteiger partial charge in [-0.25, -0.2) is 9.97 Å². The highest BCUT2D eigenvalue weighted by Crippen LogP contribution is 2.30. The predicted octanol–water partition coefficient (Wildman–Crippen LogP) is 2.29. The average molecular weight is 413 g/mol. The van der Waals surface area contributed by atoms with Crippen molar-refractivity contribution in [1.82, 2.24) is 19.6 Å². The molecule has 0 aliphatic carbocycles. The van der Waals surface area contributed by atoms with Gasteiger partial charge in [-0.05, 0) is 31.4 Å². The Labute approximate surface area is 170 Å². The third kappa shape index (κ3) is 3.36. The zero-order chi connectivity index (χ0) is 19.1. The molecule has 4 heterocycles. The van der Waals surface area contributed by atoms with Gasteiger partial charge in [-0.2, -0.15) is 9.61 Å². The van der Waals surface area contributed by atoms with E-state index in [0.717, 1.165) is 42.3 Å². The number of benzene rings is 1. The van der Waals surface area contributed by atoms with E-state index in [0.29, 0.717) is 10.9 Å². The number of rotatable bonds is 4. The molecule has 1 N–H and O–H groups in total. The number of thiazole rings is 1. The van der Waals surface area contributed by atoms with E-state index in [2.05, 4.69) is 23.3 Å². The van der Waals surface area contributed by atoms with Crippen LogP contribution in [-0.4, -0.2) is 32.7 Å². The van der Waals surface area contributed by atoms with Crippen molar-refractivity contribution in [3.63, 3.8) is 0 Å². The molecule has 0 radical (unpaired) electrons. The number of likely N-dealkylation sites (tertiary alicyclic amines) is 1. The highest BCUT2D eigenvalue weighted by atomic mass is 32.1. The Balaban J connectivity index is 1.36. The highest BCUT2D eigenvalue weighted by molar-refractivity contribution is 7.18. The minimum atomic E-state index is -0.0740. The third-order valence-electron chi connectivity index (χ3n) is 5.35. The summed E-state index contributed by atoms with van der Waals surface area (Å²) in [6.07, 6.45) is 3.19. The summed E-state index contributed by atoms with van der Waals surface area (Å²) in [6.45, 7) is 4.99. The van der Waals surface area contributed by atoms with Gasteiger partial charge in [-0.15, -0.1) is 11.3 Å². The summed E-state index contributed by atoms with van der Waals surface area (Å²) in [5.74, 6) is 0.487. The van der Waals surface area contributed by atoms with Crippen molar-refractivity contribution in [1.29, 1.82) is 0 Å². The first-order chi connectivity index (χ1) is 13.7. The van der Waals surface area contributed by atoms with Crippen LogP contribution >= 0.6 is 22.7 Å². The van der Waals surface area contributed by atoms with Crippen LogP contribution in [0.25, 0.3) is 15.2 Å². The second kappa shape index (κ2) is 7.35.